The van der Waals surface area contributed by atoms with Gasteiger partial charge in [0.1, 0.15) is 12.4 Å². The Morgan fingerprint density at radius 1 is 1.23 bits per heavy atom. The van der Waals surface area contributed by atoms with Crippen LogP contribution in [0.2, 0.25) is 5.02 Å². The molecule has 0 unspecified atom stereocenters. The average Bonchev–Trinajstić information content (AvgIpc) is 2.58. The number of amides is 3. The molecule has 0 aromatic heterocycles. The quantitative estimate of drug-likeness (QED) is 0.386. The first kappa shape index (κ1) is 19.0. The lowest BCUT2D eigenvalue weighted by molar-refractivity contribution is -0.384. The van der Waals surface area contributed by atoms with Gasteiger partial charge in [-0.1, -0.05) is 17.7 Å². The highest BCUT2D eigenvalue weighted by Crippen LogP contribution is 2.22. The highest BCUT2D eigenvalue weighted by atomic mass is 35.5. The van der Waals surface area contributed by atoms with Gasteiger partial charge in [-0.25, -0.2) is 4.79 Å². The molecule has 0 radical (unpaired) electrons. The van der Waals surface area contributed by atoms with E-state index in [1.54, 1.807) is 24.3 Å². The van der Waals surface area contributed by atoms with Gasteiger partial charge in [0, 0.05) is 23.9 Å². The van der Waals surface area contributed by atoms with Crippen molar-refractivity contribution in [2.75, 3.05) is 18.5 Å². The molecule has 0 heterocycles. The Bertz CT molecular complexity index is 843. The summed E-state index contributed by atoms with van der Waals surface area (Å²) in [5.41, 5.74) is 5.29. The van der Waals surface area contributed by atoms with Crippen LogP contribution in [0.15, 0.2) is 42.5 Å². The first-order valence-corrected chi connectivity index (χ1v) is 7.76. The van der Waals surface area contributed by atoms with Gasteiger partial charge in [0.05, 0.1) is 22.1 Å². The standard InChI is InChI=1S/C16H15ClN4O5/c17-14-5-4-11(21(24)25)9-13(14)15(22)19-6-7-26-12-3-1-2-10(8-12)20-16(18)23/h1-5,8-9H,6-7H2,(H,19,22)(H3,18,20,23). The number of urea groups is 1. The fourth-order valence-electron chi connectivity index (χ4n) is 2.04. The number of nitrogens with one attached hydrogen (secondary N) is 2. The molecule has 10 heteroatoms. The summed E-state index contributed by atoms with van der Waals surface area (Å²) in [5.74, 6) is -0.0784. The number of primary amides is 1. The first-order valence-electron chi connectivity index (χ1n) is 7.38. The molecule has 26 heavy (non-hydrogen) atoms. The van der Waals surface area contributed by atoms with E-state index in [2.05, 4.69) is 10.6 Å². The predicted molar refractivity (Wildman–Crippen MR) is 95.6 cm³/mol. The Hall–Kier alpha value is -3.33. The van der Waals surface area contributed by atoms with Gasteiger partial charge in [-0.3, -0.25) is 14.9 Å². The summed E-state index contributed by atoms with van der Waals surface area (Å²) in [6.07, 6.45) is 0. The topological polar surface area (TPSA) is 137 Å². The van der Waals surface area contributed by atoms with Crippen LogP contribution in [0.3, 0.4) is 0 Å². The van der Waals surface area contributed by atoms with Crippen LogP contribution in [0, 0.1) is 10.1 Å². The fourth-order valence-corrected chi connectivity index (χ4v) is 2.24. The van der Waals surface area contributed by atoms with Gasteiger partial charge < -0.3 is 21.1 Å². The third-order valence-electron chi connectivity index (χ3n) is 3.16. The normalized spacial score (nSPS) is 10.0. The van der Waals surface area contributed by atoms with Crippen molar-refractivity contribution in [2.24, 2.45) is 5.73 Å². The number of benzene rings is 2. The van der Waals surface area contributed by atoms with E-state index in [1.807, 2.05) is 0 Å². The average molecular weight is 379 g/mol. The van der Waals surface area contributed by atoms with E-state index >= 15 is 0 Å². The van der Waals surface area contributed by atoms with Gasteiger partial charge in [0.2, 0.25) is 0 Å². The first-order chi connectivity index (χ1) is 12.4. The maximum absolute atomic E-state index is 12.1. The van der Waals surface area contributed by atoms with Crippen LogP contribution in [0.4, 0.5) is 16.2 Å². The number of nitro benzene ring substituents is 1. The fraction of sp³-hybridized carbons (Fsp3) is 0.125. The van der Waals surface area contributed by atoms with Crippen molar-refractivity contribution >= 4 is 34.9 Å². The second-order valence-electron chi connectivity index (χ2n) is 5.04. The molecular formula is C16H15ClN4O5. The lowest BCUT2D eigenvalue weighted by atomic mass is 10.2. The van der Waals surface area contributed by atoms with Crippen molar-refractivity contribution in [3.05, 3.63) is 63.2 Å². The largest absolute Gasteiger partial charge is 0.492 e. The summed E-state index contributed by atoms with van der Waals surface area (Å²) in [6, 6.07) is 9.49. The third kappa shape index (κ3) is 5.35. The molecule has 0 bridgehead atoms. The summed E-state index contributed by atoms with van der Waals surface area (Å²) < 4.78 is 5.46. The van der Waals surface area contributed by atoms with Gasteiger partial charge in [-0.15, -0.1) is 0 Å². The molecule has 136 valence electrons. The highest BCUT2D eigenvalue weighted by Gasteiger charge is 2.15. The van der Waals surface area contributed by atoms with E-state index < -0.39 is 16.9 Å². The Morgan fingerprint density at radius 3 is 2.69 bits per heavy atom. The molecule has 9 nitrogen and oxygen atoms in total. The number of nitro groups is 1. The van der Waals surface area contributed by atoms with Gasteiger partial charge >= 0.3 is 6.03 Å². The molecule has 3 amide bonds. The zero-order chi connectivity index (χ0) is 19.1. The maximum atomic E-state index is 12.1. The van der Waals surface area contributed by atoms with Crippen molar-refractivity contribution in [1.82, 2.24) is 5.32 Å². The number of halogens is 1. The predicted octanol–water partition coefficient (Wildman–Crippen LogP) is 2.55. The SMILES string of the molecule is NC(=O)Nc1cccc(OCCNC(=O)c2cc([N+](=O)[O-])ccc2Cl)c1. The van der Waals surface area contributed by atoms with Gasteiger partial charge in [-0.2, -0.15) is 0 Å². The van der Waals surface area contributed by atoms with E-state index in [0.29, 0.717) is 11.4 Å². The minimum atomic E-state index is -0.691. The monoisotopic (exact) mass is 378 g/mol. The van der Waals surface area contributed by atoms with Crippen LogP contribution in [0.25, 0.3) is 0 Å². The summed E-state index contributed by atoms with van der Waals surface area (Å²) in [5, 5.41) is 15.9. The summed E-state index contributed by atoms with van der Waals surface area (Å²) in [4.78, 5) is 33.1. The molecule has 0 aliphatic carbocycles. The highest BCUT2D eigenvalue weighted by molar-refractivity contribution is 6.33. The summed E-state index contributed by atoms with van der Waals surface area (Å²) >= 11 is 5.90. The number of hydrogen-bond acceptors (Lipinski definition) is 5. The maximum Gasteiger partial charge on any atom is 0.316 e. The van der Waals surface area contributed by atoms with Crippen molar-refractivity contribution in [3.63, 3.8) is 0 Å². The van der Waals surface area contributed by atoms with Crippen LogP contribution in [-0.2, 0) is 0 Å². The molecule has 0 spiro atoms. The lowest BCUT2D eigenvalue weighted by Gasteiger charge is -2.10. The van der Waals surface area contributed by atoms with Crippen LogP contribution in [-0.4, -0.2) is 30.0 Å². The van der Waals surface area contributed by atoms with Crippen molar-refractivity contribution < 1.29 is 19.2 Å². The molecule has 0 saturated carbocycles. The van der Waals surface area contributed by atoms with Crippen LogP contribution >= 0.6 is 11.6 Å². The van der Waals surface area contributed by atoms with Crippen LogP contribution < -0.4 is 21.1 Å². The number of ether oxygens (including phenoxy) is 1. The molecule has 0 aliphatic rings. The van der Waals surface area contributed by atoms with E-state index in [4.69, 9.17) is 22.1 Å². The summed E-state index contributed by atoms with van der Waals surface area (Å²) in [6.45, 7) is 0.281. The molecule has 0 saturated heterocycles. The zero-order valence-corrected chi connectivity index (χ0v) is 14.2. The Morgan fingerprint density at radius 2 is 2.00 bits per heavy atom. The Labute approximate surface area is 153 Å². The van der Waals surface area contributed by atoms with E-state index in [9.17, 15) is 19.7 Å². The number of nitrogens with zero attached hydrogens (tertiary/aromatic N) is 1. The molecule has 0 fully saturated rings. The lowest BCUT2D eigenvalue weighted by Crippen LogP contribution is -2.28. The van der Waals surface area contributed by atoms with Crippen molar-refractivity contribution in [1.29, 1.82) is 0 Å². The number of rotatable bonds is 7. The number of carbonyl (C=O) groups excluding carboxylic acids is 2. The van der Waals surface area contributed by atoms with E-state index in [-0.39, 0.29) is 29.4 Å². The smallest absolute Gasteiger partial charge is 0.316 e. The molecular weight excluding hydrogens is 364 g/mol. The third-order valence-corrected chi connectivity index (χ3v) is 3.49. The number of hydrogen-bond donors (Lipinski definition) is 3. The Kier molecular flexibility index (Phi) is 6.34. The number of nitrogens with two attached hydrogens (primary N) is 1. The molecule has 2 aromatic carbocycles. The molecule has 0 atom stereocenters. The molecule has 0 aliphatic heterocycles. The Balaban J connectivity index is 1.88. The number of carbonyl (C=O) groups is 2. The van der Waals surface area contributed by atoms with Gasteiger partial charge in [-0.05, 0) is 18.2 Å². The van der Waals surface area contributed by atoms with Gasteiger partial charge in [0.15, 0.2) is 0 Å². The van der Waals surface area contributed by atoms with Crippen molar-refractivity contribution in [3.8, 4) is 5.75 Å². The molecule has 2 rings (SSSR count). The van der Waals surface area contributed by atoms with Crippen LogP contribution in [0.5, 0.6) is 5.75 Å². The van der Waals surface area contributed by atoms with Crippen molar-refractivity contribution in [2.45, 2.75) is 0 Å². The minimum Gasteiger partial charge on any atom is -0.492 e. The van der Waals surface area contributed by atoms with E-state index in [1.165, 1.54) is 12.1 Å². The molecule has 4 N–H and O–H groups in total. The second kappa shape index (κ2) is 8.67. The second-order valence-corrected chi connectivity index (χ2v) is 5.45. The number of anilines is 1. The summed E-state index contributed by atoms with van der Waals surface area (Å²) in [7, 11) is 0. The van der Waals surface area contributed by atoms with Crippen LogP contribution in [0.1, 0.15) is 10.4 Å². The minimum absolute atomic E-state index is 0.00789. The van der Waals surface area contributed by atoms with Gasteiger partial charge in [0.25, 0.3) is 11.6 Å². The molecule has 2 aromatic rings. The van der Waals surface area contributed by atoms with E-state index in [0.717, 1.165) is 6.07 Å². The number of non-ortho nitro benzene ring substituents is 1. The zero-order valence-electron chi connectivity index (χ0n) is 13.4.